The highest BCUT2D eigenvalue weighted by Crippen LogP contribution is 2.32. The lowest BCUT2D eigenvalue weighted by atomic mass is 10.1. The Labute approximate surface area is 141 Å². The maximum Gasteiger partial charge on any atom is 0.195 e. The number of aldehydes is 1. The summed E-state index contributed by atoms with van der Waals surface area (Å²) in [5.41, 5.74) is -0.396. The van der Waals surface area contributed by atoms with E-state index in [-0.39, 0.29) is 27.1 Å². The van der Waals surface area contributed by atoms with Crippen molar-refractivity contribution in [3.05, 3.63) is 69.8 Å². The van der Waals surface area contributed by atoms with Gasteiger partial charge in [0.05, 0.1) is 11.3 Å². The molecule has 24 heavy (non-hydrogen) atoms. The van der Waals surface area contributed by atoms with Crippen LogP contribution in [0.15, 0.2) is 41.0 Å². The lowest BCUT2D eigenvalue weighted by Gasteiger charge is -2.03. The first-order valence-electron chi connectivity index (χ1n) is 6.57. The van der Waals surface area contributed by atoms with Crippen molar-refractivity contribution < 1.29 is 22.4 Å². The number of rotatable bonds is 3. The van der Waals surface area contributed by atoms with Gasteiger partial charge in [0.15, 0.2) is 23.7 Å². The average Bonchev–Trinajstić information content (AvgIpc) is 2.89. The van der Waals surface area contributed by atoms with Gasteiger partial charge in [0.25, 0.3) is 0 Å². The summed E-state index contributed by atoms with van der Waals surface area (Å²) in [6.45, 7) is 0. The smallest absolute Gasteiger partial charge is 0.195 e. The molecule has 3 nitrogen and oxygen atoms in total. The topological polar surface area (TPSA) is 34.9 Å². The number of benzene rings is 2. The number of nitrogens with zero attached hydrogens (tertiary/aromatic N) is 2. The summed E-state index contributed by atoms with van der Waals surface area (Å²) in [5, 5.41) is 4.04. The molecule has 0 aliphatic rings. The van der Waals surface area contributed by atoms with Crippen molar-refractivity contribution in [1.29, 1.82) is 0 Å². The number of aromatic nitrogens is 2. The zero-order valence-electron chi connectivity index (χ0n) is 11.7. The lowest BCUT2D eigenvalue weighted by Crippen LogP contribution is -1.98. The van der Waals surface area contributed by atoms with Crippen LogP contribution in [0.4, 0.5) is 17.6 Å². The molecule has 0 N–H and O–H groups in total. The molecule has 3 rings (SSSR count). The van der Waals surface area contributed by atoms with Gasteiger partial charge in [0.2, 0.25) is 0 Å². The molecule has 0 saturated heterocycles. The fraction of sp³-hybridized carbons (Fsp3) is 0. The van der Waals surface area contributed by atoms with Crippen LogP contribution in [0.25, 0.3) is 16.9 Å². The number of hydrogen-bond donors (Lipinski definition) is 0. The van der Waals surface area contributed by atoms with E-state index >= 15 is 0 Å². The van der Waals surface area contributed by atoms with Crippen LogP contribution >= 0.6 is 15.9 Å². The minimum atomic E-state index is -1.67. The normalized spacial score (nSPS) is 10.9. The van der Waals surface area contributed by atoms with Crippen LogP contribution in [0, 0.1) is 23.3 Å². The average molecular weight is 399 g/mol. The molecule has 122 valence electrons. The van der Waals surface area contributed by atoms with Crippen LogP contribution in [-0.2, 0) is 0 Å². The largest absolute Gasteiger partial charge is 0.298 e. The third kappa shape index (κ3) is 2.62. The van der Waals surface area contributed by atoms with Crippen LogP contribution < -0.4 is 0 Å². The van der Waals surface area contributed by atoms with Gasteiger partial charge in [-0.05, 0) is 46.3 Å². The van der Waals surface area contributed by atoms with Gasteiger partial charge in [0.1, 0.15) is 16.1 Å². The molecular weight excluding hydrogens is 392 g/mol. The van der Waals surface area contributed by atoms with E-state index < -0.39 is 23.3 Å². The van der Waals surface area contributed by atoms with E-state index in [1.165, 1.54) is 18.2 Å². The quantitative estimate of drug-likeness (QED) is 0.365. The molecule has 0 unspecified atom stereocenters. The Hall–Kier alpha value is -2.48. The van der Waals surface area contributed by atoms with E-state index in [0.29, 0.717) is 6.29 Å². The van der Waals surface area contributed by atoms with Gasteiger partial charge in [-0.2, -0.15) is 5.10 Å². The van der Waals surface area contributed by atoms with E-state index in [4.69, 9.17) is 0 Å². The van der Waals surface area contributed by atoms with Crippen LogP contribution in [0.2, 0.25) is 0 Å². The second-order valence-electron chi connectivity index (χ2n) is 4.79. The van der Waals surface area contributed by atoms with E-state index in [1.54, 1.807) is 0 Å². The molecule has 0 bridgehead atoms. The fourth-order valence-electron chi connectivity index (χ4n) is 2.20. The molecule has 0 saturated carbocycles. The van der Waals surface area contributed by atoms with Crippen molar-refractivity contribution in [2.75, 3.05) is 0 Å². The first-order chi connectivity index (χ1) is 11.4. The molecule has 8 heteroatoms. The molecule has 1 aromatic heterocycles. The third-order valence-electron chi connectivity index (χ3n) is 3.32. The predicted octanol–water partition coefficient (Wildman–Crippen LogP) is 4.67. The molecule has 0 atom stereocenters. The maximum absolute atomic E-state index is 14.0. The molecule has 0 fully saturated rings. The minimum Gasteiger partial charge on any atom is -0.298 e. The van der Waals surface area contributed by atoms with Gasteiger partial charge in [0, 0.05) is 5.56 Å². The highest BCUT2D eigenvalue weighted by molar-refractivity contribution is 9.10. The predicted molar refractivity (Wildman–Crippen MR) is 81.9 cm³/mol. The van der Waals surface area contributed by atoms with E-state index in [1.807, 2.05) is 0 Å². The standard InChI is InChI=1S/C16H7BrF4N2O/c17-16-11(7-24)15(10-4-5-12(19)14(21)13(10)20)22-23(16)9-3-1-2-8(18)6-9/h1-7H. The van der Waals surface area contributed by atoms with Crippen molar-refractivity contribution in [2.45, 2.75) is 0 Å². The summed E-state index contributed by atoms with van der Waals surface area (Å²) >= 11 is 3.13. The van der Waals surface area contributed by atoms with Crippen molar-refractivity contribution in [3.8, 4) is 16.9 Å². The highest BCUT2D eigenvalue weighted by Gasteiger charge is 2.23. The van der Waals surface area contributed by atoms with Gasteiger partial charge >= 0.3 is 0 Å². The Morgan fingerprint density at radius 1 is 1.04 bits per heavy atom. The molecule has 0 aliphatic carbocycles. The Morgan fingerprint density at radius 3 is 2.46 bits per heavy atom. The second kappa shape index (κ2) is 6.20. The maximum atomic E-state index is 14.0. The first kappa shape index (κ1) is 16.4. The Balaban J connectivity index is 2.26. The van der Waals surface area contributed by atoms with Crippen LogP contribution in [0.3, 0.4) is 0 Å². The first-order valence-corrected chi connectivity index (χ1v) is 7.37. The van der Waals surface area contributed by atoms with Crippen molar-refractivity contribution in [3.63, 3.8) is 0 Å². The summed E-state index contributed by atoms with van der Waals surface area (Å²) in [5.74, 6) is -5.02. The third-order valence-corrected chi connectivity index (χ3v) is 4.09. The molecule has 2 aromatic carbocycles. The summed E-state index contributed by atoms with van der Waals surface area (Å²) in [6, 6.07) is 7.02. The summed E-state index contributed by atoms with van der Waals surface area (Å²) in [7, 11) is 0. The summed E-state index contributed by atoms with van der Waals surface area (Å²) < 4.78 is 55.2. The van der Waals surface area contributed by atoms with Crippen molar-refractivity contribution in [1.82, 2.24) is 9.78 Å². The van der Waals surface area contributed by atoms with Gasteiger partial charge in [-0.25, -0.2) is 22.2 Å². The van der Waals surface area contributed by atoms with Gasteiger partial charge in [-0.15, -0.1) is 0 Å². The molecular formula is C16H7BrF4N2O. The number of carbonyl (C=O) groups is 1. The van der Waals surface area contributed by atoms with Crippen molar-refractivity contribution in [2.24, 2.45) is 0 Å². The second-order valence-corrected chi connectivity index (χ2v) is 5.54. The monoisotopic (exact) mass is 398 g/mol. The Kier molecular flexibility index (Phi) is 4.23. The van der Waals surface area contributed by atoms with E-state index in [2.05, 4.69) is 21.0 Å². The number of halogens is 5. The molecule has 0 spiro atoms. The molecule has 0 aliphatic heterocycles. The van der Waals surface area contributed by atoms with Gasteiger partial charge in [-0.1, -0.05) is 6.07 Å². The van der Waals surface area contributed by atoms with Crippen LogP contribution in [0.1, 0.15) is 10.4 Å². The van der Waals surface area contributed by atoms with Crippen molar-refractivity contribution >= 4 is 22.2 Å². The zero-order valence-corrected chi connectivity index (χ0v) is 13.3. The van der Waals surface area contributed by atoms with E-state index in [9.17, 15) is 22.4 Å². The fourth-order valence-corrected chi connectivity index (χ4v) is 2.77. The van der Waals surface area contributed by atoms with Gasteiger partial charge in [-0.3, -0.25) is 4.79 Å². The van der Waals surface area contributed by atoms with Gasteiger partial charge < -0.3 is 0 Å². The Morgan fingerprint density at radius 2 is 1.79 bits per heavy atom. The molecule has 0 radical (unpaired) electrons. The zero-order chi connectivity index (χ0) is 17.4. The molecule has 1 heterocycles. The van der Waals surface area contributed by atoms with Crippen LogP contribution in [0.5, 0.6) is 0 Å². The lowest BCUT2D eigenvalue weighted by molar-refractivity contribution is 0.112. The summed E-state index contributed by atoms with van der Waals surface area (Å²) in [4.78, 5) is 11.3. The number of carbonyl (C=O) groups excluding carboxylic acids is 1. The van der Waals surface area contributed by atoms with Crippen LogP contribution in [-0.4, -0.2) is 16.1 Å². The number of hydrogen-bond acceptors (Lipinski definition) is 2. The summed E-state index contributed by atoms with van der Waals surface area (Å²) in [6.07, 6.45) is 0.392. The molecule has 3 aromatic rings. The minimum absolute atomic E-state index is 0.0795. The SMILES string of the molecule is O=Cc1c(-c2ccc(F)c(F)c2F)nn(-c2cccc(F)c2)c1Br. The highest BCUT2D eigenvalue weighted by atomic mass is 79.9. The Bertz CT molecular complexity index is 955. The van der Waals surface area contributed by atoms with E-state index in [0.717, 1.165) is 22.9 Å². The molecule has 0 amide bonds.